The summed E-state index contributed by atoms with van der Waals surface area (Å²) in [6, 6.07) is 9.01. The average molecular weight is 479 g/mol. The van der Waals surface area contributed by atoms with E-state index in [2.05, 4.69) is 5.32 Å². The molecule has 9 heteroatoms. The lowest BCUT2D eigenvalue weighted by atomic mass is 9.97. The fourth-order valence-electron chi connectivity index (χ4n) is 3.78. The topological polar surface area (TPSA) is 69.3 Å². The standard InChI is InChI=1S/C23H27ClN2O5S/c1-28-17-9-20(30-3)18(21(10-17)31-4)13-26-12-15(23(27)25-11-22(26)32)7-14-8-16(24)5-6-19(14)29-2/h5-6,8-10,15H,7,11-13H2,1-4H3,(H,25,27)/t15-/m1/s1. The van der Waals surface area contributed by atoms with Crippen LogP contribution in [-0.4, -0.2) is 57.3 Å². The van der Waals surface area contributed by atoms with Crippen LogP contribution in [0.4, 0.5) is 0 Å². The molecule has 1 N–H and O–H groups in total. The van der Waals surface area contributed by atoms with Gasteiger partial charge in [0.15, 0.2) is 0 Å². The van der Waals surface area contributed by atoms with Crippen molar-refractivity contribution in [3.63, 3.8) is 0 Å². The van der Waals surface area contributed by atoms with Crippen molar-refractivity contribution < 1.29 is 23.7 Å². The highest BCUT2D eigenvalue weighted by Crippen LogP contribution is 2.35. The molecule has 2 aromatic carbocycles. The number of carbonyl (C=O) groups is 1. The molecule has 0 bridgehead atoms. The minimum absolute atomic E-state index is 0.0643. The van der Waals surface area contributed by atoms with Gasteiger partial charge < -0.3 is 29.2 Å². The molecule has 0 radical (unpaired) electrons. The summed E-state index contributed by atoms with van der Waals surface area (Å²) >= 11 is 11.8. The predicted octanol–water partition coefficient (Wildman–Crippen LogP) is 3.49. The molecule has 0 aliphatic carbocycles. The third kappa shape index (κ3) is 5.37. The molecule has 2 aromatic rings. The molecule has 1 fully saturated rings. The number of rotatable bonds is 8. The lowest BCUT2D eigenvalue weighted by Crippen LogP contribution is -2.35. The lowest BCUT2D eigenvalue weighted by Gasteiger charge is -2.27. The van der Waals surface area contributed by atoms with Gasteiger partial charge in [-0.15, -0.1) is 0 Å². The number of ether oxygens (including phenoxy) is 4. The van der Waals surface area contributed by atoms with Gasteiger partial charge in [0.1, 0.15) is 23.0 Å². The Bertz CT molecular complexity index is 975. The third-order valence-corrected chi connectivity index (χ3v) is 6.09. The minimum atomic E-state index is -0.349. The largest absolute Gasteiger partial charge is 0.496 e. The Morgan fingerprint density at radius 1 is 1.03 bits per heavy atom. The number of amides is 1. The van der Waals surface area contributed by atoms with Gasteiger partial charge in [0.05, 0.1) is 58.0 Å². The Morgan fingerprint density at radius 2 is 1.69 bits per heavy atom. The maximum atomic E-state index is 12.8. The van der Waals surface area contributed by atoms with Gasteiger partial charge in [-0.2, -0.15) is 0 Å². The number of nitrogens with zero attached hydrogens (tertiary/aromatic N) is 1. The quantitative estimate of drug-likeness (QED) is 0.582. The van der Waals surface area contributed by atoms with Gasteiger partial charge in [0.2, 0.25) is 5.91 Å². The first-order chi connectivity index (χ1) is 15.4. The monoisotopic (exact) mass is 478 g/mol. The molecule has 1 atom stereocenters. The zero-order chi connectivity index (χ0) is 23.3. The number of carbonyl (C=O) groups excluding carboxylic acids is 1. The highest BCUT2D eigenvalue weighted by Gasteiger charge is 2.29. The fraction of sp³-hybridized carbons (Fsp3) is 0.391. The molecule has 172 valence electrons. The summed E-state index contributed by atoms with van der Waals surface area (Å²) in [5.74, 6) is 2.16. The maximum Gasteiger partial charge on any atom is 0.225 e. The van der Waals surface area contributed by atoms with Gasteiger partial charge >= 0.3 is 0 Å². The second-order valence-electron chi connectivity index (χ2n) is 7.36. The molecule has 0 unspecified atom stereocenters. The Balaban J connectivity index is 1.90. The van der Waals surface area contributed by atoms with Crippen LogP contribution >= 0.6 is 23.8 Å². The summed E-state index contributed by atoms with van der Waals surface area (Å²) in [6.07, 6.45) is 0.464. The summed E-state index contributed by atoms with van der Waals surface area (Å²) in [5, 5.41) is 3.52. The normalized spacial score (nSPS) is 16.3. The van der Waals surface area contributed by atoms with Crippen molar-refractivity contribution in [2.24, 2.45) is 5.92 Å². The van der Waals surface area contributed by atoms with Gasteiger partial charge in [-0.1, -0.05) is 23.8 Å². The van der Waals surface area contributed by atoms with Gasteiger partial charge in [-0.3, -0.25) is 4.79 Å². The molecular weight excluding hydrogens is 452 g/mol. The molecule has 3 rings (SSSR count). The van der Waals surface area contributed by atoms with Crippen LogP contribution in [0, 0.1) is 5.92 Å². The van der Waals surface area contributed by atoms with E-state index in [-0.39, 0.29) is 18.4 Å². The summed E-state index contributed by atoms with van der Waals surface area (Å²) in [6.45, 7) is 1.14. The molecule has 0 spiro atoms. The van der Waals surface area contributed by atoms with Crippen LogP contribution in [0.1, 0.15) is 11.1 Å². The van der Waals surface area contributed by atoms with E-state index < -0.39 is 0 Å². The minimum Gasteiger partial charge on any atom is -0.496 e. The number of halogens is 1. The molecular formula is C23H27ClN2O5S. The van der Waals surface area contributed by atoms with E-state index >= 15 is 0 Å². The van der Waals surface area contributed by atoms with Crippen LogP contribution in [0.2, 0.25) is 5.02 Å². The molecule has 1 aliphatic heterocycles. The van der Waals surface area contributed by atoms with Crippen molar-refractivity contribution in [3.8, 4) is 23.0 Å². The SMILES string of the molecule is COc1cc(OC)c(CN2C[C@@H](Cc3cc(Cl)ccc3OC)C(=O)NCC2=S)c(OC)c1. The van der Waals surface area contributed by atoms with Crippen LogP contribution in [0.3, 0.4) is 0 Å². The summed E-state index contributed by atoms with van der Waals surface area (Å²) in [4.78, 5) is 15.5. The van der Waals surface area contributed by atoms with E-state index in [9.17, 15) is 4.79 Å². The van der Waals surface area contributed by atoms with Gasteiger partial charge in [0, 0.05) is 23.7 Å². The zero-order valence-electron chi connectivity index (χ0n) is 18.6. The molecule has 0 aromatic heterocycles. The van der Waals surface area contributed by atoms with E-state index in [1.54, 1.807) is 46.6 Å². The van der Waals surface area contributed by atoms with Crippen molar-refractivity contribution in [2.75, 3.05) is 41.5 Å². The van der Waals surface area contributed by atoms with Crippen molar-refractivity contribution in [2.45, 2.75) is 13.0 Å². The molecule has 1 heterocycles. The van der Waals surface area contributed by atoms with Crippen LogP contribution in [0.25, 0.3) is 0 Å². The van der Waals surface area contributed by atoms with E-state index in [1.165, 1.54) is 0 Å². The Morgan fingerprint density at radius 3 is 2.28 bits per heavy atom. The van der Waals surface area contributed by atoms with Crippen LogP contribution in [0.15, 0.2) is 30.3 Å². The molecule has 7 nitrogen and oxygen atoms in total. The number of hydrogen-bond acceptors (Lipinski definition) is 6. The van der Waals surface area contributed by atoms with Gasteiger partial charge in [0.25, 0.3) is 0 Å². The number of nitrogens with one attached hydrogen (secondary N) is 1. The number of hydrogen-bond donors (Lipinski definition) is 1. The predicted molar refractivity (Wildman–Crippen MR) is 127 cm³/mol. The second kappa shape index (κ2) is 10.7. The van der Waals surface area contributed by atoms with Crippen LogP contribution < -0.4 is 24.3 Å². The maximum absolute atomic E-state index is 12.8. The Hall–Kier alpha value is -2.71. The second-order valence-corrected chi connectivity index (χ2v) is 8.27. The highest BCUT2D eigenvalue weighted by atomic mass is 35.5. The van der Waals surface area contributed by atoms with Crippen LogP contribution in [0.5, 0.6) is 23.0 Å². The van der Waals surface area contributed by atoms with Gasteiger partial charge in [-0.05, 0) is 30.2 Å². The first-order valence-electron chi connectivity index (χ1n) is 10.1. The van der Waals surface area contributed by atoms with Crippen molar-refractivity contribution in [1.82, 2.24) is 10.2 Å². The van der Waals surface area contributed by atoms with E-state index in [0.717, 1.165) is 11.1 Å². The summed E-state index contributed by atoms with van der Waals surface area (Å²) < 4.78 is 22.0. The lowest BCUT2D eigenvalue weighted by molar-refractivity contribution is -0.124. The first kappa shape index (κ1) is 23.9. The zero-order valence-corrected chi connectivity index (χ0v) is 20.1. The summed E-state index contributed by atoms with van der Waals surface area (Å²) in [5.41, 5.74) is 1.69. The van der Waals surface area contributed by atoms with E-state index in [0.29, 0.717) is 52.5 Å². The van der Waals surface area contributed by atoms with Crippen molar-refractivity contribution in [1.29, 1.82) is 0 Å². The van der Waals surface area contributed by atoms with Crippen molar-refractivity contribution >= 4 is 34.7 Å². The molecule has 1 amide bonds. The molecule has 1 saturated heterocycles. The van der Waals surface area contributed by atoms with E-state index in [4.69, 9.17) is 42.8 Å². The molecule has 1 aliphatic rings. The fourth-order valence-corrected chi connectivity index (χ4v) is 4.18. The van der Waals surface area contributed by atoms with Crippen molar-refractivity contribution in [3.05, 3.63) is 46.5 Å². The number of methoxy groups -OCH3 is 4. The average Bonchev–Trinajstić information content (AvgIpc) is 2.93. The highest BCUT2D eigenvalue weighted by molar-refractivity contribution is 7.80. The Kier molecular flexibility index (Phi) is 8.04. The van der Waals surface area contributed by atoms with Crippen LogP contribution in [-0.2, 0) is 17.8 Å². The third-order valence-electron chi connectivity index (χ3n) is 5.45. The number of thiocarbonyl (C=S) groups is 1. The smallest absolute Gasteiger partial charge is 0.225 e. The first-order valence-corrected chi connectivity index (χ1v) is 10.9. The molecule has 32 heavy (non-hydrogen) atoms. The molecule has 0 saturated carbocycles. The van der Waals surface area contributed by atoms with Gasteiger partial charge in [-0.25, -0.2) is 0 Å². The Labute approximate surface area is 198 Å². The number of benzene rings is 2. The van der Waals surface area contributed by atoms with E-state index in [1.807, 2.05) is 17.0 Å². The summed E-state index contributed by atoms with van der Waals surface area (Å²) in [7, 11) is 6.38.